The van der Waals surface area contributed by atoms with E-state index in [1.807, 2.05) is 12.1 Å². The first-order valence-electron chi connectivity index (χ1n) is 5.94. The normalized spacial score (nSPS) is 22.8. The summed E-state index contributed by atoms with van der Waals surface area (Å²) < 4.78 is 0. The smallest absolute Gasteiger partial charge is 0.248 e. The molecule has 2 amide bonds. The fraction of sp³-hybridized carbons (Fsp3) is 0.462. The topological polar surface area (TPSA) is 62.3 Å². The number of carbonyl (C=O) groups excluding carboxylic acids is 2. The summed E-state index contributed by atoms with van der Waals surface area (Å²) in [4.78, 5) is 29.7. The van der Waals surface area contributed by atoms with E-state index in [-0.39, 0.29) is 11.8 Å². The highest BCUT2D eigenvalue weighted by molar-refractivity contribution is 5.99. The van der Waals surface area contributed by atoms with Crippen molar-refractivity contribution in [1.29, 1.82) is 0 Å². The minimum Gasteiger partial charge on any atom is -0.340 e. The zero-order valence-electron chi connectivity index (χ0n) is 10.8. The van der Waals surface area contributed by atoms with Crippen LogP contribution in [0.5, 0.6) is 0 Å². The molecule has 5 nitrogen and oxygen atoms in total. The third kappa shape index (κ3) is 2.20. The van der Waals surface area contributed by atoms with E-state index in [1.165, 1.54) is 0 Å². The van der Waals surface area contributed by atoms with Crippen LogP contribution in [0.3, 0.4) is 0 Å². The van der Waals surface area contributed by atoms with Gasteiger partial charge in [-0.1, -0.05) is 6.07 Å². The predicted molar refractivity (Wildman–Crippen MR) is 66.5 cm³/mol. The van der Waals surface area contributed by atoms with Crippen molar-refractivity contribution in [2.24, 2.45) is 0 Å². The van der Waals surface area contributed by atoms with Gasteiger partial charge in [0.05, 0.1) is 0 Å². The Labute approximate surface area is 106 Å². The second-order valence-corrected chi connectivity index (χ2v) is 5.08. The largest absolute Gasteiger partial charge is 0.340 e. The van der Waals surface area contributed by atoms with Crippen molar-refractivity contribution in [3.05, 3.63) is 30.1 Å². The number of carbonyl (C=O) groups is 2. The lowest BCUT2D eigenvalue weighted by Crippen LogP contribution is -2.66. The zero-order valence-corrected chi connectivity index (χ0v) is 10.8. The molecular formula is C13H17N3O2. The fourth-order valence-electron chi connectivity index (χ4n) is 2.04. The molecule has 1 unspecified atom stereocenters. The van der Waals surface area contributed by atoms with E-state index in [1.54, 1.807) is 38.1 Å². The lowest BCUT2D eigenvalue weighted by atomic mass is 9.97. The summed E-state index contributed by atoms with van der Waals surface area (Å²) in [6.45, 7) is 5.58. The molecule has 1 N–H and O–H groups in total. The third-order valence-electron chi connectivity index (χ3n) is 3.15. The van der Waals surface area contributed by atoms with E-state index in [0.717, 1.165) is 5.56 Å². The van der Waals surface area contributed by atoms with Gasteiger partial charge in [-0.2, -0.15) is 0 Å². The van der Waals surface area contributed by atoms with Gasteiger partial charge in [-0.3, -0.25) is 14.6 Å². The monoisotopic (exact) mass is 247 g/mol. The SMILES string of the molecule is CC1C(=O)NC(C)(C)C(=O)N1Cc1cccnc1. The molecule has 18 heavy (non-hydrogen) atoms. The van der Waals surface area contributed by atoms with Crippen molar-refractivity contribution in [2.75, 3.05) is 0 Å². The standard InChI is InChI=1S/C13H17N3O2/c1-9-11(17)15-13(2,3)12(18)16(9)8-10-5-4-6-14-7-10/h4-7,9H,8H2,1-3H3,(H,15,17). The highest BCUT2D eigenvalue weighted by Crippen LogP contribution is 2.19. The van der Waals surface area contributed by atoms with Crippen LogP contribution in [0.1, 0.15) is 26.3 Å². The molecule has 96 valence electrons. The summed E-state index contributed by atoms with van der Waals surface area (Å²) in [5.74, 6) is -0.193. The molecule has 1 saturated heterocycles. The number of nitrogens with one attached hydrogen (secondary N) is 1. The molecule has 2 heterocycles. The quantitative estimate of drug-likeness (QED) is 0.837. The number of pyridine rings is 1. The molecule has 5 heteroatoms. The first kappa shape index (κ1) is 12.5. The molecule has 1 aromatic rings. The number of rotatable bonds is 2. The first-order chi connectivity index (χ1) is 8.42. The Hall–Kier alpha value is -1.91. The van der Waals surface area contributed by atoms with Gasteiger partial charge in [0.15, 0.2) is 0 Å². The lowest BCUT2D eigenvalue weighted by molar-refractivity contribution is -0.153. The fourth-order valence-corrected chi connectivity index (χ4v) is 2.04. The molecule has 1 atom stereocenters. The summed E-state index contributed by atoms with van der Waals surface area (Å²) in [5.41, 5.74) is 0.0782. The summed E-state index contributed by atoms with van der Waals surface area (Å²) in [6, 6.07) is 3.26. The van der Waals surface area contributed by atoms with Crippen LogP contribution in [0.15, 0.2) is 24.5 Å². The van der Waals surface area contributed by atoms with Crippen molar-refractivity contribution in [3.63, 3.8) is 0 Å². The Balaban J connectivity index is 2.24. The van der Waals surface area contributed by atoms with Crippen LogP contribution in [0.25, 0.3) is 0 Å². The summed E-state index contributed by atoms with van der Waals surface area (Å²) in [5, 5.41) is 2.73. The van der Waals surface area contributed by atoms with Gasteiger partial charge < -0.3 is 10.2 Å². The number of piperazine rings is 1. The summed E-state index contributed by atoms with van der Waals surface area (Å²) in [7, 11) is 0. The number of amides is 2. The molecular weight excluding hydrogens is 230 g/mol. The van der Waals surface area contributed by atoms with Crippen molar-refractivity contribution < 1.29 is 9.59 Å². The first-order valence-corrected chi connectivity index (χ1v) is 5.94. The average molecular weight is 247 g/mol. The van der Waals surface area contributed by atoms with Gasteiger partial charge in [0, 0.05) is 18.9 Å². The molecule has 0 aliphatic carbocycles. The van der Waals surface area contributed by atoms with Gasteiger partial charge in [0.25, 0.3) is 0 Å². The second-order valence-electron chi connectivity index (χ2n) is 5.08. The Morgan fingerprint density at radius 2 is 2.17 bits per heavy atom. The Morgan fingerprint density at radius 1 is 1.44 bits per heavy atom. The van der Waals surface area contributed by atoms with Crippen LogP contribution in [0, 0.1) is 0 Å². The maximum atomic E-state index is 12.3. The van der Waals surface area contributed by atoms with Crippen LogP contribution < -0.4 is 5.32 Å². The summed E-state index contributed by atoms with van der Waals surface area (Å²) >= 11 is 0. The minimum atomic E-state index is -0.841. The van der Waals surface area contributed by atoms with Gasteiger partial charge in [0.2, 0.25) is 11.8 Å². The average Bonchev–Trinajstić information content (AvgIpc) is 2.33. The van der Waals surface area contributed by atoms with Crippen LogP contribution in [0.2, 0.25) is 0 Å². The molecule has 0 spiro atoms. The summed E-state index contributed by atoms with van der Waals surface area (Å²) in [6.07, 6.45) is 3.39. The van der Waals surface area contributed by atoms with Crippen LogP contribution in [-0.4, -0.2) is 33.3 Å². The van der Waals surface area contributed by atoms with E-state index >= 15 is 0 Å². The van der Waals surface area contributed by atoms with E-state index in [0.29, 0.717) is 6.54 Å². The van der Waals surface area contributed by atoms with Crippen LogP contribution in [0.4, 0.5) is 0 Å². The number of hydrogen-bond acceptors (Lipinski definition) is 3. The van der Waals surface area contributed by atoms with Crippen LogP contribution in [-0.2, 0) is 16.1 Å². The molecule has 1 aromatic heterocycles. The van der Waals surface area contributed by atoms with Crippen molar-refractivity contribution in [2.45, 2.75) is 38.9 Å². The van der Waals surface area contributed by atoms with Crippen molar-refractivity contribution in [1.82, 2.24) is 15.2 Å². The highest BCUT2D eigenvalue weighted by atomic mass is 16.2. The van der Waals surface area contributed by atoms with Gasteiger partial charge in [-0.25, -0.2) is 0 Å². The van der Waals surface area contributed by atoms with Crippen molar-refractivity contribution in [3.8, 4) is 0 Å². The van der Waals surface area contributed by atoms with Gasteiger partial charge in [-0.15, -0.1) is 0 Å². The Bertz CT molecular complexity index is 470. The molecule has 0 radical (unpaired) electrons. The second kappa shape index (κ2) is 4.40. The van der Waals surface area contributed by atoms with E-state index < -0.39 is 11.6 Å². The minimum absolute atomic E-state index is 0.0709. The van der Waals surface area contributed by atoms with Gasteiger partial charge >= 0.3 is 0 Å². The molecule has 0 aromatic carbocycles. The van der Waals surface area contributed by atoms with Gasteiger partial charge in [0.1, 0.15) is 11.6 Å². The number of aromatic nitrogens is 1. The molecule has 2 rings (SSSR count). The van der Waals surface area contributed by atoms with Gasteiger partial charge in [-0.05, 0) is 32.4 Å². The third-order valence-corrected chi connectivity index (χ3v) is 3.15. The number of nitrogens with zero attached hydrogens (tertiary/aromatic N) is 2. The predicted octanol–water partition coefficient (Wildman–Crippen LogP) is 0.707. The van der Waals surface area contributed by atoms with E-state index in [4.69, 9.17) is 0 Å². The molecule has 0 saturated carbocycles. The zero-order chi connectivity index (χ0) is 13.3. The number of hydrogen-bond donors (Lipinski definition) is 1. The lowest BCUT2D eigenvalue weighted by Gasteiger charge is -2.41. The molecule has 1 fully saturated rings. The molecule has 1 aliphatic heterocycles. The molecule has 0 bridgehead atoms. The van der Waals surface area contributed by atoms with E-state index in [9.17, 15) is 9.59 Å². The van der Waals surface area contributed by atoms with Crippen LogP contribution >= 0.6 is 0 Å². The molecule has 1 aliphatic rings. The highest BCUT2D eigenvalue weighted by Gasteiger charge is 2.43. The van der Waals surface area contributed by atoms with E-state index in [2.05, 4.69) is 10.3 Å². The Morgan fingerprint density at radius 3 is 2.78 bits per heavy atom. The maximum Gasteiger partial charge on any atom is 0.248 e. The Kier molecular flexibility index (Phi) is 3.07. The van der Waals surface area contributed by atoms with Crippen molar-refractivity contribution >= 4 is 11.8 Å². The maximum absolute atomic E-state index is 12.3.